The SMILES string of the molecule is O=C(O)c1nc(CN(Cc2ccsc2)C2CC2)cs1. The number of nitrogens with zero attached hydrogens (tertiary/aromatic N) is 2. The van der Waals surface area contributed by atoms with Crippen molar-refractivity contribution in [1.82, 2.24) is 9.88 Å². The van der Waals surface area contributed by atoms with Gasteiger partial charge in [0.25, 0.3) is 0 Å². The maximum atomic E-state index is 10.8. The molecule has 0 saturated heterocycles. The van der Waals surface area contributed by atoms with Crippen LogP contribution >= 0.6 is 22.7 Å². The number of aromatic carboxylic acids is 1. The normalized spacial score (nSPS) is 15.0. The van der Waals surface area contributed by atoms with E-state index in [4.69, 9.17) is 5.11 Å². The molecule has 1 aliphatic rings. The first-order valence-corrected chi connectivity index (χ1v) is 7.97. The third-order valence-corrected chi connectivity index (χ3v) is 4.74. The Morgan fingerprint density at radius 2 is 2.26 bits per heavy atom. The summed E-state index contributed by atoms with van der Waals surface area (Å²) in [5, 5.41) is 15.2. The Kier molecular flexibility index (Phi) is 3.63. The highest BCUT2D eigenvalue weighted by atomic mass is 32.1. The minimum atomic E-state index is -0.938. The number of carbonyl (C=O) groups is 1. The van der Waals surface area contributed by atoms with E-state index in [2.05, 4.69) is 26.7 Å². The topological polar surface area (TPSA) is 53.4 Å². The molecule has 0 aliphatic heterocycles. The Hall–Kier alpha value is -1.24. The van der Waals surface area contributed by atoms with E-state index < -0.39 is 5.97 Å². The number of carboxylic acid groups (broad SMARTS) is 1. The fourth-order valence-electron chi connectivity index (χ4n) is 2.06. The van der Waals surface area contributed by atoms with Crippen LogP contribution in [0.15, 0.2) is 22.2 Å². The predicted molar refractivity (Wildman–Crippen MR) is 75.7 cm³/mol. The lowest BCUT2D eigenvalue weighted by atomic mass is 10.3. The number of aromatic nitrogens is 1. The lowest BCUT2D eigenvalue weighted by Crippen LogP contribution is -2.25. The molecule has 2 aromatic heterocycles. The van der Waals surface area contributed by atoms with Crippen LogP contribution in [0.1, 0.15) is 33.9 Å². The predicted octanol–water partition coefficient (Wildman–Crippen LogP) is 3.07. The van der Waals surface area contributed by atoms with Crippen LogP contribution in [0.5, 0.6) is 0 Å². The van der Waals surface area contributed by atoms with Gasteiger partial charge in [-0.3, -0.25) is 4.90 Å². The molecule has 1 aliphatic carbocycles. The average Bonchev–Trinajstić information content (AvgIpc) is 2.90. The quantitative estimate of drug-likeness (QED) is 0.889. The van der Waals surface area contributed by atoms with E-state index in [-0.39, 0.29) is 5.01 Å². The van der Waals surface area contributed by atoms with Crippen LogP contribution in [0.25, 0.3) is 0 Å². The van der Waals surface area contributed by atoms with Gasteiger partial charge < -0.3 is 5.11 Å². The van der Waals surface area contributed by atoms with Gasteiger partial charge in [0.05, 0.1) is 5.69 Å². The molecular weight excluding hydrogens is 280 g/mol. The van der Waals surface area contributed by atoms with E-state index in [9.17, 15) is 4.79 Å². The molecule has 0 aromatic carbocycles. The van der Waals surface area contributed by atoms with Gasteiger partial charge in [0.1, 0.15) is 0 Å². The maximum Gasteiger partial charge on any atom is 0.365 e. The van der Waals surface area contributed by atoms with Gasteiger partial charge in [-0.05, 0) is 35.2 Å². The van der Waals surface area contributed by atoms with E-state index >= 15 is 0 Å². The summed E-state index contributed by atoms with van der Waals surface area (Å²) in [5.74, 6) is -0.938. The summed E-state index contributed by atoms with van der Waals surface area (Å²) in [5.41, 5.74) is 2.19. The van der Waals surface area contributed by atoms with Gasteiger partial charge in [-0.15, -0.1) is 11.3 Å². The molecule has 0 radical (unpaired) electrons. The molecule has 0 unspecified atom stereocenters. The Morgan fingerprint density at radius 1 is 1.42 bits per heavy atom. The second-order valence-corrected chi connectivity index (χ2v) is 6.36. The minimum absolute atomic E-state index is 0.182. The Morgan fingerprint density at radius 3 is 2.84 bits per heavy atom. The van der Waals surface area contributed by atoms with Crippen molar-refractivity contribution in [1.29, 1.82) is 0 Å². The summed E-state index contributed by atoms with van der Waals surface area (Å²) in [6, 6.07) is 2.78. The van der Waals surface area contributed by atoms with Crippen LogP contribution in [-0.2, 0) is 13.1 Å². The molecule has 6 heteroatoms. The molecule has 4 nitrogen and oxygen atoms in total. The van der Waals surface area contributed by atoms with Crippen molar-refractivity contribution in [3.05, 3.63) is 38.5 Å². The summed E-state index contributed by atoms with van der Waals surface area (Å²) < 4.78 is 0. The first-order valence-electron chi connectivity index (χ1n) is 6.15. The number of carboxylic acids is 1. The summed E-state index contributed by atoms with van der Waals surface area (Å²) >= 11 is 2.91. The lowest BCUT2D eigenvalue weighted by Gasteiger charge is -2.20. The monoisotopic (exact) mass is 294 g/mol. The Balaban J connectivity index is 1.68. The lowest BCUT2D eigenvalue weighted by molar-refractivity contribution is 0.0696. The maximum absolute atomic E-state index is 10.8. The molecule has 0 amide bonds. The number of thiophene rings is 1. The van der Waals surface area contributed by atoms with Gasteiger partial charge >= 0.3 is 5.97 Å². The smallest absolute Gasteiger partial charge is 0.365 e. The van der Waals surface area contributed by atoms with E-state index in [0.717, 1.165) is 18.8 Å². The summed E-state index contributed by atoms with van der Waals surface area (Å²) in [6.45, 7) is 1.67. The highest BCUT2D eigenvalue weighted by molar-refractivity contribution is 7.11. The zero-order chi connectivity index (χ0) is 13.2. The molecule has 1 saturated carbocycles. The molecule has 0 spiro atoms. The number of thiazole rings is 1. The van der Waals surface area contributed by atoms with Crippen molar-refractivity contribution in [3.8, 4) is 0 Å². The highest BCUT2D eigenvalue weighted by Gasteiger charge is 2.29. The molecule has 0 bridgehead atoms. The standard InChI is InChI=1S/C13H14N2O2S2/c16-13(17)12-14-10(8-19-12)6-15(11-1-2-11)5-9-3-4-18-7-9/h3-4,7-8,11H,1-2,5-6H2,(H,16,17). The zero-order valence-electron chi connectivity index (χ0n) is 10.3. The van der Waals surface area contributed by atoms with E-state index in [1.165, 1.54) is 29.7 Å². The fourth-order valence-corrected chi connectivity index (χ4v) is 3.36. The summed E-state index contributed by atoms with van der Waals surface area (Å²) in [6.07, 6.45) is 2.47. The van der Waals surface area contributed by atoms with Gasteiger partial charge in [-0.2, -0.15) is 11.3 Å². The fraction of sp³-hybridized carbons (Fsp3) is 0.385. The van der Waals surface area contributed by atoms with Crippen LogP contribution in [-0.4, -0.2) is 27.0 Å². The third-order valence-electron chi connectivity index (χ3n) is 3.13. The second kappa shape index (κ2) is 5.40. The zero-order valence-corrected chi connectivity index (χ0v) is 11.9. The molecule has 1 fully saturated rings. The van der Waals surface area contributed by atoms with Gasteiger partial charge in [0, 0.05) is 24.5 Å². The van der Waals surface area contributed by atoms with E-state index in [0.29, 0.717) is 6.04 Å². The first kappa shape index (κ1) is 12.8. The van der Waals surface area contributed by atoms with E-state index in [1.807, 2.05) is 5.38 Å². The average molecular weight is 294 g/mol. The number of hydrogen-bond donors (Lipinski definition) is 1. The van der Waals surface area contributed by atoms with Crippen molar-refractivity contribution in [2.45, 2.75) is 32.0 Å². The summed E-state index contributed by atoms with van der Waals surface area (Å²) in [7, 11) is 0. The second-order valence-electron chi connectivity index (χ2n) is 4.72. The molecule has 0 atom stereocenters. The van der Waals surface area contributed by atoms with Crippen molar-refractivity contribution in [2.75, 3.05) is 0 Å². The molecular formula is C13H14N2O2S2. The van der Waals surface area contributed by atoms with Gasteiger partial charge in [-0.1, -0.05) is 0 Å². The number of hydrogen-bond acceptors (Lipinski definition) is 5. The summed E-state index contributed by atoms with van der Waals surface area (Å²) in [4.78, 5) is 17.4. The molecule has 1 N–H and O–H groups in total. The van der Waals surface area contributed by atoms with Crippen LogP contribution in [0.3, 0.4) is 0 Å². The van der Waals surface area contributed by atoms with Crippen molar-refractivity contribution in [3.63, 3.8) is 0 Å². The molecule has 19 heavy (non-hydrogen) atoms. The van der Waals surface area contributed by atoms with Gasteiger partial charge in [-0.25, -0.2) is 9.78 Å². The van der Waals surface area contributed by atoms with Crippen LogP contribution in [0.4, 0.5) is 0 Å². The van der Waals surface area contributed by atoms with Gasteiger partial charge in [0.15, 0.2) is 0 Å². The van der Waals surface area contributed by atoms with Crippen LogP contribution < -0.4 is 0 Å². The molecule has 2 aromatic rings. The first-order chi connectivity index (χ1) is 9.22. The van der Waals surface area contributed by atoms with Crippen LogP contribution in [0, 0.1) is 0 Å². The third kappa shape index (κ3) is 3.20. The van der Waals surface area contributed by atoms with Gasteiger partial charge in [0.2, 0.25) is 5.01 Å². The molecule has 2 heterocycles. The van der Waals surface area contributed by atoms with E-state index in [1.54, 1.807) is 11.3 Å². The highest BCUT2D eigenvalue weighted by Crippen LogP contribution is 2.30. The minimum Gasteiger partial charge on any atom is -0.476 e. The number of rotatable bonds is 6. The van der Waals surface area contributed by atoms with Crippen molar-refractivity contribution in [2.24, 2.45) is 0 Å². The largest absolute Gasteiger partial charge is 0.476 e. The van der Waals surface area contributed by atoms with Crippen molar-refractivity contribution >= 4 is 28.6 Å². The molecule has 100 valence electrons. The van der Waals surface area contributed by atoms with Crippen LogP contribution in [0.2, 0.25) is 0 Å². The molecule has 3 rings (SSSR count). The van der Waals surface area contributed by atoms with Crippen molar-refractivity contribution < 1.29 is 9.90 Å². The Labute approximate surface area is 119 Å². The Bertz CT molecular complexity index is 561.